The summed E-state index contributed by atoms with van der Waals surface area (Å²) in [4.78, 5) is 0. The predicted molar refractivity (Wildman–Crippen MR) is 86.1 cm³/mol. The van der Waals surface area contributed by atoms with E-state index in [0.29, 0.717) is 19.6 Å². The molecular formula is C17H29NO3. The summed E-state index contributed by atoms with van der Waals surface area (Å²) >= 11 is 0. The number of rotatable bonds is 10. The summed E-state index contributed by atoms with van der Waals surface area (Å²) < 4.78 is 11.6. The minimum Gasteiger partial charge on any atom is -0.490 e. The van der Waals surface area contributed by atoms with Crippen LogP contribution in [0.2, 0.25) is 0 Å². The third kappa shape index (κ3) is 4.90. The molecule has 1 unspecified atom stereocenters. The Labute approximate surface area is 128 Å². The molecule has 120 valence electrons. The molecule has 0 aliphatic carbocycles. The van der Waals surface area contributed by atoms with Crippen LogP contribution >= 0.6 is 0 Å². The molecule has 1 aromatic carbocycles. The van der Waals surface area contributed by atoms with Crippen molar-refractivity contribution in [3.63, 3.8) is 0 Å². The molecule has 4 heteroatoms. The second kappa shape index (κ2) is 8.90. The molecule has 0 bridgehead atoms. The third-order valence-electron chi connectivity index (χ3n) is 3.67. The molecule has 1 aromatic rings. The van der Waals surface area contributed by atoms with Crippen molar-refractivity contribution in [2.45, 2.75) is 45.6 Å². The van der Waals surface area contributed by atoms with Gasteiger partial charge in [0.2, 0.25) is 0 Å². The molecule has 2 N–H and O–H groups in total. The normalized spacial score (nSPS) is 13.8. The van der Waals surface area contributed by atoms with Gasteiger partial charge >= 0.3 is 0 Å². The summed E-state index contributed by atoms with van der Waals surface area (Å²) in [5.41, 5.74) is 0.816. The molecule has 21 heavy (non-hydrogen) atoms. The fourth-order valence-electron chi connectivity index (χ4n) is 2.14. The molecule has 0 spiro atoms. The number of hydrogen-bond donors (Lipinski definition) is 2. The van der Waals surface area contributed by atoms with Crippen molar-refractivity contribution in [1.29, 1.82) is 0 Å². The monoisotopic (exact) mass is 295 g/mol. The van der Waals surface area contributed by atoms with E-state index in [1.54, 1.807) is 0 Å². The van der Waals surface area contributed by atoms with Gasteiger partial charge in [0.25, 0.3) is 0 Å². The Bertz CT molecular complexity index is 422. The summed E-state index contributed by atoms with van der Waals surface area (Å²) in [6.45, 7) is 7.73. The first-order valence-electron chi connectivity index (χ1n) is 7.81. The standard InChI is InChI=1S/C17H29NO3/c1-5-11-20-15-8-7-14(13-16(15)21-12-6-2)17(3,18-4)9-10-19/h7-8,13,18-19H,5-6,9-12H2,1-4H3. The molecule has 1 rings (SSSR count). The molecule has 0 radical (unpaired) electrons. The lowest BCUT2D eigenvalue weighted by Gasteiger charge is -2.30. The van der Waals surface area contributed by atoms with Crippen LogP contribution in [0.1, 0.15) is 45.6 Å². The number of aliphatic hydroxyl groups excluding tert-OH is 1. The fourth-order valence-corrected chi connectivity index (χ4v) is 2.14. The first-order valence-corrected chi connectivity index (χ1v) is 7.81. The van der Waals surface area contributed by atoms with Crippen LogP contribution in [0.4, 0.5) is 0 Å². The van der Waals surface area contributed by atoms with Gasteiger partial charge in [-0.1, -0.05) is 19.9 Å². The van der Waals surface area contributed by atoms with Crippen LogP contribution in [0.15, 0.2) is 18.2 Å². The number of hydrogen-bond acceptors (Lipinski definition) is 4. The van der Waals surface area contributed by atoms with Gasteiger partial charge in [-0.15, -0.1) is 0 Å². The fraction of sp³-hybridized carbons (Fsp3) is 0.647. The predicted octanol–water partition coefficient (Wildman–Crippen LogP) is 3.08. The maximum Gasteiger partial charge on any atom is 0.161 e. The van der Waals surface area contributed by atoms with Gasteiger partial charge < -0.3 is 19.9 Å². The zero-order chi connectivity index (χ0) is 15.7. The molecule has 0 amide bonds. The molecular weight excluding hydrogens is 266 g/mol. The lowest BCUT2D eigenvalue weighted by molar-refractivity contribution is 0.226. The maximum absolute atomic E-state index is 9.28. The third-order valence-corrected chi connectivity index (χ3v) is 3.67. The van der Waals surface area contributed by atoms with Crippen molar-refractivity contribution >= 4 is 0 Å². The summed E-state index contributed by atoms with van der Waals surface area (Å²) in [6, 6.07) is 6.02. The molecule has 0 saturated heterocycles. The van der Waals surface area contributed by atoms with Crippen LogP contribution in [-0.4, -0.2) is 32.0 Å². The smallest absolute Gasteiger partial charge is 0.161 e. The van der Waals surface area contributed by atoms with Gasteiger partial charge in [-0.05, 0) is 50.9 Å². The zero-order valence-corrected chi connectivity index (χ0v) is 13.7. The van der Waals surface area contributed by atoms with Crippen LogP contribution in [0.3, 0.4) is 0 Å². The molecule has 0 aliphatic heterocycles. The molecule has 0 aliphatic rings. The molecule has 0 heterocycles. The Kier molecular flexibility index (Phi) is 7.54. The van der Waals surface area contributed by atoms with Crippen LogP contribution in [0, 0.1) is 0 Å². The highest BCUT2D eigenvalue weighted by atomic mass is 16.5. The maximum atomic E-state index is 9.28. The van der Waals surface area contributed by atoms with E-state index >= 15 is 0 Å². The van der Waals surface area contributed by atoms with E-state index in [0.717, 1.165) is 29.9 Å². The number of benzene rings is 1. The Morgan fingerprint density at radius 3 is 2.24 bits per heavy atom. The largest absolute Gasteiger partial charge is 0.490 e. The highest BCUT2D eigenvalue weighted by Gasteiger charge is 2.25. The molecule has 0 fully saturated rings. The van der Waals surface area contributed by atoms with Crippen molar-refractivity contribution in [3.8, 4) is 11.5 Å². The van der Waals surface area contributed by atoms with E-state index in [4.69, 9.17) is 9.47 Å². The first kappa shape index (κ1) is 17.8. The van der Waals surface area contributed by atoms with E-state index in [1.807, 2.05) is 25.2 Å². The summed E-state index contributed by atoms with van der Waals surface area (Å²) in [6.07, 6.45) is 2.57. The average Bonchev–Trinajstić information content (AvgIpc) is 2.51. The number of nitrogens with one attached hydrogen (secondary N) is 1. The molecule has 1 atom stereocenters. The first-order chi connectivity index (χ1) is 10.1. The Balaban J connectivity index is 3.06. The summed E-state index contributed by atoms with van der Waals surface area (Å²) in [5.74, 6) is 1.57. The van der Waals surface area contributed by atoms with Gasteiger partial charge in [-0.2, -0.15) is 0 Å². The summed E-state index contributed by atoms with van der Waals surface area (Å²) in [7, 11) is 1.91. The minimum absolute atomic E-state index is 0.135. The summed E-state index contributed by atoms with van der Waals surface area (Å²) in [5, 5.41) is 12.6. The van der Waals surface area contributed by atoms with Crippen molar-refractivity contribution in [2.24, 2.45) is 0 Å². The highest BCUT2D eigenvalue weighted by molar-refractivity contribution is 5.45. The van der Waals surface area contributed by atoms with Crippen LogP contribution in [0.25, 0.3) is 0 Å². The molecule has 4 nitrogen and oxygen atoms in total. The van der Waals surface area contributed by atoms with E-state index in [9.17, 15) is 5.11 Å². The minimum atomic E-state index is -0.275. The highest BCUT2D eigenvalue weighted by Crippen LogP contribution is 2.34. The lowest BCUT2D eigenvalue weighted by Crippen LogP contribution is -2.37. The van der Waals surface area contributed by atoms with Crippen molar-refractivity contribution < 1.29 is 14.6 Å². The quantitative estimate of drug-likeness (QED) is 0.696. The van der Waals surface area contributed by atoms with Crippen LogP contribution < -0.4 is 14.8 Å². The topological polar surface area (TPSA) is 50.7 Å². The van der Waals surface area contributed by atoms with Crippen LogP contribution in [-0.2, 0) is 5.54 Å². The number of ether oxygens (including phenoxy) is 2. The number of aliphatic hydroxyl groups is 1. The Morgan fingerprint density at radius 2 is 1.71 bits per heavy atom. The van der Waals surface area contributed by atoms with E-state index < -0.39 is 0 Å². The van der Waals surface area contributed by atoms with Crippen molar-refractivity contribution in [1.82, 2.24) is 5.32 Å². The zero-order valence-electron chi connectivity index (χ0n) is 13.7. The van der Waals surface area contributed by atoms with Crippen LogP contribution in [0.5, 0.6) is 11.5 Å². The van der Waals surface area contributed by atoms with E-state index in [1.165, 1.54) is 0 Å². The second-order valence-electron chi connectivity index (χ2n) is 5.41. The average molecular weight is 295 g/mol. The van der Waals surface area contributed by atoms with Gasteiger partial charge in [-0.25, -0.2) is 0 Å². The SMILES string of the molecule is CCCOc1ccc(C(C)(CCO)NC)cc1OCCC. The Hall–Kier alpha value is -1.26. The lowest BCUT2D eigenvalue weighted by atomic mass is 9.89. The van der Waals surface area contributed by atoms with Gasteiger partial charge in [0, 0.05) is 12.1 Å². The van der Waals surface area contributed by atoms with Gasteiger partial charge in [0.15, 0.2) is 11.5 Å². The van der Waals surface area contributed by atoms with Crippen molar-refractivity contribution in [2.75, 3.05) is 26.9 Å². The van der Waals surface area contributed by atoms with Gasteiger partial charge in [0.1, 0.15) is 0 Å². The van der Waals surface area contributed by atoms with Gasteiger partial charge in [-0.3, -0.25) is 0 Å². The van der Waals surface area contributed by atoms with Crippen molar-refractivity contribution in [3.05, 3.63) is 23.8 Å². The molecule has 0 aromatic heterocycles. The van der Waals surface area contributed by atoms with E-state index in [2.05, 4.69) is 26.1 Å². The molecule has 0 saturated carbocycles. The Morgan fingerprint density at radius 1 is 1.10 bits per heavy atom. The van der Waals surface area contributed by atoms with Gasteiger partial charge in [0.05, 0.1) is 13.2 Å². The van der Waals surface area contributed by atoms with E-state index in [-0.39, 0.29) is 12.1 Å². The second-order valence-corrected chi connectivity index (χ2v) is 5.41.